The van der Waals surface area contributed by atoms with E-state index in [1.165, 1.54) is 29.7 Å². The number of carbonyl (C=O) groups is 1. The van der Waals surface area contributed by atoms with Gasteiger partial charge < -0.3 is 9.47 Å². The van der Waals surface area contributed by atoms with Crippen molar-refractivity contribution in [1.29, 1.82) is 0 Å². The summed E-state index contributed by atoms with van der Waals surface area (Å²) in [5, 5.41) is 0. The van der Waals surface area contributed by atoms with E-state index in [4.69, 9.17) is 0 Å². The number of rotatable bonds is 5. The fraction of sp³-hybridized carbons (Fsp3) is 0.450. The van der Waals surface area contributed by atoms with Crippen molar-refractivity contribution >= 4 is 5.91 Å². The van der Waals surface area contributed by atoms with E-state index in [0.29, 0.717) is 12.6 Å². The summed E-state index contributed by atoms with van der Waals surface area (Å²) in [5.41, 5.74) is 0.244. The molecule has 2 heterocycles. The quantitative estimate of drug-likeness (QED) is 0.853. The maximum absolute atomic E-state index is 12.9. The maximum Gasteiger partial charge on any atom is 0.328 e. The third-order valence-electron chi connectivity index (χ3n) is 5.44. The Morgan fingerprint density at radius 1 is 1.07 bits per heavy atom. The van der Waals surface area contributed by atoms with Gasteiger partial charge >= 0.3 is 5.69 Å². The average molecular weight is 368 g/mol. The minimum absolute atomic E-state index is 0.0393. The number of H-pyrrole nitrogens is 1. The molecule has 1 aromatic heterocycles. The van der Waals surface area contributed by atoms with Crippen molar-refractivity contribution in [3.8, 4) is 0 Å². The number of aromatic nitrogens is 2. The molecular formula is C20H24N4O3. The first kappa shape index (κ1) is 17.7. The van der Waals surface area contributed by atoms with Crippen LogP contribution in [0.15, 0.2) is 52.2 Å². The van der Waals surface area contributed by atoms with Crippen LogP contribution in [0.25, 0.3) is 0 Å². The van der Waals surface area contributed by atoms with Gasteiger partial charge in [-0.15, -0.1) is 0 Å². The fourth-order valence-electron chi connectivity index (χ4n) is 3.81. The Morgan fingerprint density at radius 2 is 1.85 bits per heavy atom. The lowest BCUT2D eigenvalue weighted by Gasteiger charge is -2.42. The Morgan fingerprint density at radius 3 is 2.56 bits per heavy atom. The minimum atomic E-state index is -0.478. The topological polar surface area (TPSA) is 78.4 Å². The molecule has 7 heteroatoms. The Hall–Kier alpha value is -2.67. The van der Waals surface area contributed by atoms with Crippen LogP contribution in [0.5, 0.6) is 0 Å². The molecule has 1 unspecified atom stereocenters. The van der Waals surface area contributed by atoms with Crippen molar-refractivity contribution in [2.75, 3.05) is 19.6 Å². The molecular weight excluding hydrogens is 344 g/mol. The predicted molar refractivity (Wildman–Crippen MR) is 101 cm³/mol. The summed E-state index contributed by atoms with van der Waals surface area (Å²) in [6.07, 6.45) is 4.18. The highest BCUT2D eigenvalue weighted by Gasteiger charge is 2.37. The molecule has 0 spiro atoms. The molecule has 2 aromatic rings. The van der Waals surface area contributed by atoms with E-state index in [-0.39, 0.29) is 24.9 Å². The van der Waals surface area contributed by atoms with Gasteiger partial charge in [0.05, 0.1) is 6.04 Å². The van der Waals surface area contributed by atoms with E-state index in [0.717, 1.165) is 18.7 Å². The molecule has 27 heavy (non-hydrogen) atoms. The van der Waals surface area contributed by atoms with E-state index >= 15 is 0 Å². The third kappa shape index (κ3) is 4.03. The molecule has 4 rings (SSSR count). The summed E-state index contributed by atoms with van der Waals surface area (Å²) < 4.78 is 1.37. The monoisotopic (exact) mass is 368 g/mol. The van der Waals surface area contributed by atoms with Gasteiger partial charge in [-0.05, 0) is 18.4 Å². The van der Waals surface area contributed by atoms with Gasteiger partial charge in [0.2, 0.25) is 5.91 Å². The van der Waals surface area contributed by atoms with E-state index in [9.17, 15) is 14.4 Å². The van der Waals surface area contributed by atoms with Gasteiger partial charge in [-0.1, -0.05) is 30.3 Å². The van der Waals surface area contributed by atoms with E-state index < -0.39 is 11.2 Å². The van der Waals surface area contributed by atoms with Crippen molar-refractivity contribution in [3.05, 3.63) is 69.0 Å². The highest BCUT2D eigenvalue weighted by molar-refractivity contribution is 5.77. The second-order valence-corrected chi connectivity index (χ2v) is 7.29. The number of nitrogens with zero attached hydrogens (tertiary/aromatic N) is 3. The Labute approximate surface area is 157 Å². The largest absolute Gasteiger partial charge is 0.333 e. The zero-order valence-corrected chi connectivity index (χ0v) is 15.2. The van der Waals surface area contributed by atoms with Crippen LogP contribution in [0, 0.1) is 0 Å². The molecule has 142 valence electrons. The van der Waals surface area contributed by atoms with E-state index in [1.54, 1.807) is 0 Å². The van der Waals surface area contributed by atoms with Crippen molar-refractivity contribution in [2.45, 2.75) is 37.9 Å². The molecule has 1 aromatic carbocycles. The molecule has 1 amide bonds. The first-order chi connectivity index (χ1) is 13.1. The summed E-state index contributed by atoms with van der Waals surface area (Å²) in [7, 11) is 0. The molecule has 7 nitrogen and oxygen atoms in total. The van der Waals surface area contributed by atoms with Crippen LogP contribution in [0.3, 0.4) is 0 Å². The number of hydrogen-bond acceptors (Lipinski definition) is 4. The molecule has 1 atom stereocenters. The lowest BCUT2D eigenvalue weighted by molar-refractivity contribution is -0.136. The smallest absolute Gasteiger partial charge is 0.328 e. The van der Waals surface area contributed by atoms with Gasteiger partial charge in [-0.2, -0.15) is 0 Å². The zero-order chi connectivity index (χ0) is 18.8. The van der Waals surface area contributed by atoms with Gasteiger partial charge in [-0.25, -0.2) is 4.79 Å². The maximum atomic E-state index is 12.9. The Balaban J connectivity index is 1.48. The number of aryl methyl sites for hydroxylation is 1. The lowest BCUT2D eigenvalue weighted by atomic mass is 10.0. The number of piperazine rings is 1. The molecule has 2 fully saturated rings. The summed E-state index contributed by atoms with van der Waals surface area (Å²) in [6.45, 7) is 2.73. The predicted octanol–water partition coefficient (Wildman–Crippen LogP) is 0.975. The number of carbonyl (C=O) groups excluding carboxylic acids is 1. The highest BCUT2D eigenvalue weighted by Crippen LogP contribution is 2.33. The summed E-state index contributed by atoms with van der Waals surface area (Å²) in [5.74, 6) is 0.0393. The van der Waals surface area contributed by atoms with Gasteiger partial charge in [0.15, 0.2) is 0 Å². The number of aromatic amines is 1. The molecule has 1 N–H and O–H groups in total. The molecule has 1 aliphatic heterocycles. The first-order valence-corrected chi connectivity index (χ1v) is 9.50. The average Bonchev–Trinajstić information content (AvgIpc) is 3.53. The first-order valence-electron chi connectivity index (χ1n) is 9.50. The number of nitrogens with one attached hydrogen (secondary N) is 1. The highest BCUT2D eigenvalue weighted by atomic mass is 16.2. The van der Waals surface area contributed by atoms with Crippen LogP contribution in [0.4, 0.5) is 0 Å². The molecule has 1 aliphatic carbocycles. The van der Waals surface area contributed by atoms with Gasteiger partial charge in [-0.3, -0.25) is 19.5 Å². The van der Waals surface area contributed by atoms with Crippen LogP contribution in [0.2, 0.25) is 0 Å². The molecule has 0 bridgehead atoms. The van der Waals surface area contributed by atoms with Crippen molar-refractivity contribution in [3.63, 3.8) is 0 Å². The van der Waals surface area contributed by atoms with Crippen molar-refractivity contribution in [2.24, 2.45) is 0 Å². The minimum Gasteiger partial charge on any atom is -0.333 e. The fourth-order valence-corrected chi connectivity index (χ4v) is 3.81. The molecule has 2 aliphatic rings. The second-order valence-electron chi connectivity index (χ2n) is 7.29. The van der Waals surface area contributed by atoms with Crippen LogP contribution < -0.4 is 11.2 Å². The zero-order valence-electron chi connectivity index (χ0n) is 15.2. The number of amides is 1. The SMILES string of the molecule is O=C(CCn1ccc(=O)[nH]c1=O)N1CCN(C2CC2)CC1c1ccccc1. The van der Waals surface area contributed by atoms with Crippen molar-refractivity contribution < 1.29 is 4.79 Å². The standard InChI is InChI=1S/C20H24N4O3/c25-18-8-10-22(20(27)21-18)11-9-19(26)24-13-12-23(16-6-7-16)14-17(24)15-4-2-1-3-5-15/h1-5,8,10,16-17H,6-7,9,11-14H2,(H,21,25,27). The second kappa shape index (κ2) is 7.52. The molecule has 1 saturated carbocycles. The van der Waals surface area contributed by atoms with Crippen LogP contribution >= 0.6 is 0 Å². The van der Waals surface area contributed by atoms with Crippen LogP contribution in [-0.2, 0) is 11.3 Å². The van der Waals surface area contributed by atoms with Crippen LogP contribution in [0.1, 0.15) is 30.9 Å². The van der Waals surface area contributed by atoms with Gasteiger partial charge in [0, 0.05) is 50.9 Å². The van der Waals surface area contributed by atoms with E-state index in [1.807, 2.05) is 23.1 Å². The summed E-state index contributed by atoms with van der Waals surface area (Å²) in [6, 6.07) is 12.2. The molecule has 0 radical (unpaired) electrons. The molecule has 1 saturated heterocycles. The Kier molecular flexibility index (Phi) is 4.94. The van der Waals surface area contributed by atoms with Crippen molar-refractivity contribution in [1.82, 2.24) is 19.4 Å². The van der Waals surface area contributed by atoms with Gasteiger partial charge in [0.1, 0.15) is 0 Å². The number of benzene rings is 1. The summed E-state index contributed by atoms with van der Waals surface area (Å²) in [4.78, 5) is 42.6. The lowest BCUT2D eigenvalue weighted by Crippen LogP contribution is -2.51. The van der Waals surface area contributed by atoms with Gasteiger partial charge in [0.25, 0.3) is 5.56 Å². The third-order valence-corrected chi connectivity index (χ3v) is 5.44. The number of hydrogen-bond donors (Lipinski definition) is 1. The van der Waals surface area contributed by atoms with Crippen LogP contribution in [-0.4, -0.2) is 50.9 Å². The Bertz CT molecular complexity index is 917. The normalized spacial score (nSPS) is 20.6. The van der Waals surface area contributed by atoms with E-state index in [2.05, 4.69) is 22.0 Å². The summed E-state index contributed by atoms with van der Waals surface area (Å²) >= 11 is 0.